The smallest absolute Gasteiger partial charge is 0.407 e. The fourth-order valence-corrected chi connectivity index (χ4v) is 4.76. The molecule has 0 aliphatic carbocycles. The number of alkyl carbamates (subject to hydrolysis) is 1. The number of unbranched alkanes of at least 4 members (excludes halogenated alkanes) is 2. The summed E-state index contributed by atoms with van der Waals surface area (Å²) in [6, 6.07) is 21.2. The summed E-state index contributed by atoms with van der Waals surface area (Å²) in [7, 11) is 1.72. The summed E-state index contributed by atoms with van der Waals surface area (Å²) in [5, 5.41) is 5.55. The number of anilines is 2. The summed E-state index contributed by atoms with van der Waals surface area (Å²) in [4.78, 5) is 51.4. The molecule has 3 amide bonds. The second-order valence-electron chi connectivity index (χ2n) is 12.3. The highest BCUT2D eigenvalue weighted by molar-refractivity contribution is 6.08. The summed E-state index contributed by atoms with van der Waals surface area (Å²) in [5.41, 5.74) is 2.40. The number of hydrogen-bond acceptors (Lipinski definition) is 8. The number of esters is 1. The number of carbonyl (C=O) groups is 4. The molecule has 0 unspecified atom stereocenters. The molecule has 3 aromatic carbocycles. The van der Waals surface area contributed by atoms with Gasteiger partial charge in [0, 0.05) is 49.1 Å². The van der Waals surface area contributed by atoms with Crippen LogP contribution in [-0.2, 0) is 25.6 Å². The van der Waals surface area contributed by atoms with Crippen molar-refractivity contribution < 1.29 is 38.1 Å². The van der Waals surface area contributed by atoms with Gasteiger partial charge in [0.05, 0.1) is 25.4 Å². The third-order valence-corrected chi connectivity index (χ3v) is 7.16. The second kappa shape index (κ2) is 19.8. The Bertz CT molecular complexity index is 1520. The van der Waals surface area contributed by atoms with Gasteiger partial charge < -0.3 is 34.5 Å². The minimum Gasteiger partial charge on any atom is -0.493 e. The summed E-state index contributed by atoms with van der Waals surface area (Å²) in [6.45, 7) is 9.15. The second-order valence-corrected chi connectivity index (χ2v) is 12.3. The van der Waals surface area contributed by atoms with E-state index in [9.17, 15) is 19.2 Å². The highest BCUT2D eigenvalue weighted by Crippen LogP contribution is 2.24. The van der Waals surface area contributed by atoms with Gasteiger partial charge in [-0.2, -0.15) is 0 Å². The van der Waals surface area contributed by atoms with Crippen LogP contribution in [0.25, 0.3) is 0 Å². The lowest BCUT2D eigenvalue weighted by molar-refractivity contribution is -0.143. The molecule has 0 aromatic heterocycles. The zero-order valence-corrected chi connectivity index (χ0v) is 29.2. The van der Waals surface area contributed by atoms with Crippen molar-refractivity contribution in [2.24, 2.45) is 0 Å². The first-order chi connectivity index (χ1) is 23.5. The molecular weight excluding hydrogens is 626 g/mol. The summed E-state index contributed by atoms with van der Waals surface area (Å²) < 4.78 is 21.9. The number of para-hydroxylation sites is 2. The molecule has 3 aromatic rings. The molecule has 11 heteroatoms. The Labute approximate surface area is 289 Å². The monoisotopic (exact) mass is 675 g/mol. The number of nitrogens with zero attached hydrogens (tertiary/aromatic N) is 1. The molecular formula is C38H49N3O8. The number of carbonyl (C=O) groups excluding carboxylic acids is 4. The van der Waals surface area contributed by atoms with E-state index in [2.05, 4.69) is 10.6 Å². The summed E-state index contributed by atoms with van der Waals surface area (Å²) >= 11 is 0. The Morgan fingerprint density at radius 2 is 1.53 bits per heavy atom. The van der Waals surface area contributed by atoms with E-state index in [-0.39, 0.29) is 24.4 Å². The molecule has 0 bridgehead atoms. The molecule has 264 valence electrons. The van der Waals surface area contributed by atoms with Gasteiger partial charge >= 0.3 is 12.1 Å². The van der Waals surface area contributed by atoms with Crippen LogP contribution in [0.3, 0.4) is 0 Å². The van der Waals surface area contributed by atoms with Crippen LogP contribution in [0.1, 0.15) is 86.1 Å². The number of ether oxygens (including phenoxy) is 4. The van der Waals surface area contributed by atoms with Crippen LogP contribution >= 0.6 is 0 Å². The number of rotatable bonds is 18. The van der Waals surface area contributed by atoms with Gasteiger partial charge in [-0.05, 0) is 89.4 Å². The average Bonchev–Trinajstić information content (AvgIpc) is 3.07. The van der Waals surface area contributed by atoms with Crippen molar-refractivity contribution in [2.45, 2.75) is 72.0 Å². The molecule has 0 spiro atoms. The molecule has 0 aliphatic rings. The standard InChI is InChI=1S/C38H49N3O8/c1-6-47-34(42)19-8-7-13-25-46-27-29-15-9-11-17-32(29)41(5)36(44)28-20-22-30(23-21-28)40-35(43)31-16-10-12-18-33(31)48-26-14-24-39-37(45)49-38(2,3)4/h9-12,15-18,20-23H,6-8,13-14,19,24-27H2,1-5H3,(H,39,45)(H,40,43). The van der Waals surface area contributed by atoms with E-state index in [0.717, 1.165) is 30.5 Å². The highest BCUT2D eigenvalue weighted by atomic mass is 16.6. The van der Waals surface area contributed by atoms with Crippen molar-refractivity contribution in [2.75, 3.05) is 43.6 Å². The molecule has 11 nitrogen and oxygen atoms in total. The van der Waals surface area contributed by atoms with Crippen molar-refractivity contribution in [3.8, 4) is 5.75 Å². The quantitative estimate of drug-likeness (QED) is 0.107. The predicted molar refractivity (Wildman–Crippen MR) is 189 cm³/mol. The van der Waals surface area contributed by atoms with Crippen LogP contribution in [0.2, 0.25) is 0 Å². The molecule has 0 heterocycles. The molecule has 0 fully saturated rings. The average molecular weight is 676 g/mol. The lowest BCUT2D eigenvalue weighted by Gasteiger charge is -2.21. The Morgan fingerprint density at radius 1 is 0.816 bits per heavy atom. The van der Waals surface area contributed by atoms with E-state index < -0.39 is 11.7 Å². The van der Waals surface area contributed by atoms with Crippen molar-refractivity contribution >= 4 is 35.3 Å². The van der Waals surface area contributed by atoms with Crippen molar-refractivity contribution in [3.63, 3.8) is 0 Å². The first-order valence-corrected chi connectivity index (χ1v) is 16.7. The van der Waals surface area contributed by atoms with Gasteiger partial charge in [-0.15, -0.1) is 0 Å². The Kier molecular flexibility index (Phi) is 15.6. The zero-order valence-electron chi connectivity index (χ0n) is 29.2. The van der Waals surface area contributed by atoms with Crippen LogP contribution in [0.4, 0.5) is 16.2 Å². The normalized spacial score (nSPS) is 11.0. The van der Waals surface area contributed by atoms with Crippen LogP contribution in [-0.4, -0.2) is 62.9 Å². The molecule has 3 rings (SSSR count). The number of benzene rings is 3. The zero-order chi connectivity index (χ0) is 35.6. The SMILES string of the molecule is CCOC(=O)CCCCCOCc1ccccc1N(C)C(=O)c1ccc(NC(=O)c2ccccc2OCCCNC(=O)OC(C)(C)C)cc1. The van der Waals surface area contributed by atoms with Crippen molar-refractivity contribution in [1.29, 1.82) is 0 Å². The van der Waals surface area contributed by atoms with Gasteiger partial charge in [0.1, 0.15) is 11.4 Å². The number of hydrogen-bond donors (Lipinski definition) is 2. The lowest BCUT2D eigenvalue weighted by atomic mass is 10.1. The van der Waals surface area contributed by atoms with Gasteiger partial charge in [-0.3, -0.25) is 14.4 Å². The van der Waals surface area contributed by atoms with E-state index in [1.165, 1.54) is 0 Å². The van der Waals surface area contributed by atoms with Gasteiger partial charge in [0.15, 0.2) is 0 Å². The van der Waals surface area contributed by atoms with Crippen LogP contribution in [0, 0.1) is 0 Å². The van der Waals surface area contributed by atoms with Crippen LogP contribution < -0.4 is 20.3 Å². The number of nitrogens with one attached hydrogen (secondary N) is 2. The molecule has 0 radical (unpaired) electrons. The third kappa shape index (κ3) is 13.6. The van der Waals surface area contributed by atoms with Gasteiger partial charge in [0.2, 0.25) is 0 Å². The molecule has 0 saturated carbocycles. The van der Waals surface area contributed by atoms with Gasteiger partial charge in [-0.1, -0.05) is 36.8 Å². The minimum atomic E-state index is -0.572. The Hall–Kier alpha value is -4.90. The topological polar surface area (TPSA) is 132 Å². The first kappa shape index (κ1) is 38.5. The fourth-order valence-electron chi connectivity index (χ4n) is 4.76. The van der Waals surface area contributed by atoms with E-state index in [4.69, 9.17) is 18.9 Å². The van der Waals surface area contributed by atoms with E-state index in [0.29, 0.717) is 61.8 Å². The fraction of sp³-hybridized carbons (Fsp3) is 0.421. The molecule has 0 saturated heterocycles. The van der Waals surface area contributed by atoms with Crippen LogP contribution in [0.5, 0.6) is 5.75 Å². The van der Waals surface area contributed by atoms with E-state index >= 15 is 0 Å². The highest BCUT2D eigenvalue weighted by Gasteiger charge is 2.18. The Balaban J connectivity index is 1.49. The van der Waals surface area contributed by atoms with Crippen molar-refractivity contribution in [3.05, 3.63) is 89.5 Å². The number of amides is 3. The first-order valence-electron chi connectivity index (χ1n) is 16.7. The largest absolute Gasteiger partial charge is 0.493 e. The minimum absolute atomic E-state index is 0.170. The maximum Gasteiger partial charge on any atom is 0.407 e. The summed E-state index contributed by atoms with van der Waals surface area (Å²) in [6.07, 6.45) is 2.90. The van der Waals surface area contributed by atoms with E-state index in [1.54, 1.807) is 88.2 Å². The predicted octanol–water partition coefficient (Wildman–Crippen LogP) is 7.15. The van der Waals surface area contributed by atoms with Gasteiger partial charge in [-0.25, -0.2) is 4.79 Å². The lowest BCUT2D eigenvalue weighted by Crippen LogP contribution is -2.33. The Morgan fingerprint density at radius 3 is 2.27 bits per heavy atom. The maximum atomic E-state index is 13.4. The molecule has 2 N–H and O–H groups in total. The molecule has 0 aliphatic heterocycles. The summed E-state index contributed by atoms with van der Waals surface area (Å²) in [5.74, 6) is -0.311. The molecule has 49 heavy (non-hydrogen) atoms. The van der Waals surface area contributed by atoms with Gasteiger partial charge in [0.25, 0.3) is 11.8 Å². The maximum absolute atomic E-state index is 13.4. The van der Waals surface area contributed by atoms with Crippen molar-refractivity contribution in [1.82, 2.24) is 5.32 Å². The van der Waals surface area contributed by atoms with Crippen LogP contribution in [0.15, 0.2) is 72.8 Å². The van der Waals surface area contributed by atoms with E-state index in [1.807, 2.05) is 24.3 Å². The molecule has 0 atom stereocenters. The third-order valence-electron chi connectivity index (χ3n) is 7.16.